The fraction of sp³-hybridized carbons (Fsp3) is 0.583. The molecule has 0 aliphatic carbocycles. The lowest BCUT2D eigenvalue weighted by atomic mass is 10.1. The van der Waals surface area contributed by atoms with Gasteiger partial charge >= 0.3 is 0 Å². The predicted octanol–water partition coefficient (Wildman–Crippen LogP) is 0.488. The fourth-order valence-electron chi connectivity index (χ4n) is 2.28. The Balaban J connectivity index is 1.91. The molecule has 1 aliphatic heterocycles. The third-order valence-electron chi connectivity index (χ3n) is 3.30. The Hall–Kier alpha value is -1.13. The molecule has 0 aromatic carbocycles. The van der Waals surface area contributed by atoms with Crippen LogP contribution in [0.1, 0.15) is 16.9 Å². The van der Waals surface area contributed by atoms with Crippen LogP contribution in [0.3, 0.4) is 0 Å². The summed E-state index contributed by atoms with van der Waals surface area (Å²) in [5.41, 5.74) is 6.42. The van der Waals surface area contributed by atoms with Gasteiger partial charge in [-0.1, -0.05) is 0 Å². The van der Waals surface area contributed by atoms with Crippen LogP contribution in [0.15, 0.2) is 18.3 Å². The van der Waals surface area contributed by atoms with E-state index >= 15 is 0 Å². The zero-order chi connectivity index (χ0) is 11.5. The van der Waals surface area contributed by atoms with Crippen molar-refractivity contribution in [3.63, 3.8) is 0 Å². The molecule has 4 heteroatoms. The number of likely N-dealkylation sites (tertiary alicyclic amines) is 1. The maximum absolute atomic E-state index is 12.0. The SMILES string of the molecule is Cn1cccc1C(=O)CN1CCC(CN)C1. The van der Waals surface area contributed by atoms with Gasteiger partial charge in [-0.2, -0.15) is 0 Å². The van der Waals surface area contributed by atoms with Crippen LogP contribution in [-0.2, 0) is 7.05 Å². The summed E-state index contributed by atoms with van der Waals surface area (Å²) in [6.45, 7) is 3.22. The predicted molar refractivity (Wildman–Crippen MR) is 63.3 cm³/mol. The molecule has 88 valence electrons. The van der Waals surface area contributed by atoms with Gasteiger partial charge in [0.2, 0.25) is 0 Å². The Kier molecular flexibility index (Phi) is 3.41. The van der Waals surface area contributed by atoms with Gasteiger partial charge in [0.15, 0.2) is 5.78 Å². The summed E-state index contributed by atoms with van der Waals surface area (Å²) in [5, 5.41) is 0. The number of ketones is 1. The van der Waals surface area contributed by atoms with Crippen molar-refractivity contribution >= 4 is 5.78 Å². The highest BCUT2D eigenvalue weighted by atomic mass is 16.1. The maximum Gasteiger partial charge on any atom is 0.193 e. The molecule has 0 amide bonds. The van der Waals surface area contributed by atoms with E-state index in [4.69, 9.17) is 5.73 Å². The Morgan fingerprint density at radius 3 is 3.00 bits per heavy atom. The van der Waals surface area contributed by atoms with Crippen molar-refractivity contribution in [3.05, 3.63) is 24.0 Å². The van der Waals surface area contributed by atoms with E-state index in [0.29, 0.717) is 12.5 Å². The van der Waals surface area contributed by atoms with Crippen LogP contribution < -0.4 is 5.73 Å². The normalized spacial score (nSPS) is 21.5. The molecule has 4 nitrogen and oxygen atoms in total. The molecular formula is C12H19N3O. The molecule has 0 saturated carbocycles. The average Bonchev–Trinajstić information content (AvgIpc) is 2.86. The lowest BCUT2D eigenvalue weighted by molar-refractivity contribution is 0.0935. The summed E-state index contributed by atoms with van der Waals surface area (Å²) in [7, 11) is 1.90. The van der Waals surface area contributed by atoms with E-state index in [1.54, 1.807) is 0 Å². The Morgan fingerprint density at radius 2 is 2.44 bits per heavy atom. The average molecular weight is 221 g/mol. The van der Waals surface area contributed by atoms with Crippen molar-refractivity contribution in [1.29, 1.82) is 0 Å². The molecule has 2 rings (SSSR count). The number of aromatic nitrogens is 1. The Morgan fingerprint density at radius 1 is 1.62 bits per heavy atom. The molecule has 1 aliphatic rings. The lowest BCUT2D eigenvalue weighted by Crippen LogP contribution is -2.29. The van der Waals surface area contributed by atoms with Crippen molar-refractivity contribution in [2.45, 2.75) is 6.42 Å². The number of hydrogen-bond acceptors (Lipinski definition) is 3. The fourth-order valence-corrected chi connectivity index (χ4v) is 2.28. The van der Waals surface area contributed by atoms with Crippen molar-refractivity contribution in [2.75, 3.05) is 26.2 Å². The molecule has 1 unspecified atom stereocenters. The molecule has 0 spiro atoms. The van der Waals surface area contributed by atoms with Gasteiger partial charge in [-0.05, 0) is 37.6 Å². The van der Waals surface area contributed by atoms with E-state index in [0.717, 1.165) is 31.7 Å². The van der Waals surface area contributed by atoms with Crippen LogP contribution in [0.2, 0.25) is 0 Å². The van der Waals surface area contributed by atoms with E-state index < -0.39 is 0 Å². The molecule has 0 bridgehead atoms. The van der Waals surface area contributed by atoms with Gasteiger partial charge in [0.05, 0.1) is 12.2 Å². The molecule has 2 heterocycles. The van der Waals surface area contributed by atoms with E-state index in [-0.39, 0.29) is 5.78 Å². The number of carbonyl (C=O) groups is 1. The van der Waals surface area contributed by atoms with Crippen molar-refractivity contribution in [3.8, 4) is 0 Å². The highest BCUT2D eigenvalue weighted by Gasteiger charge is 2.23. The van der Waals surface area contributed by atoms with Gasteiger partial charge in [0, 0.05) is 19.8 Å². The summed E-state index contributed by atoms with van der Waals surface area (Å²) in [6, 6.07) is 3.78. The quantitative estimate of drug-likeness (QED) is 0.753. The first-order chi connectivity index (χ1) is 7.70. The summed E-state index contributed by atoms with van der Waals surface area (Å²) in [5.74, 6) is 0.770. The van der Waals surface area contributed by atoms with E-state index in [1.807, 2.05) is 29.9 Å². The van der Waals surface area contributed by atoms with Gasteiger partial charge in [-0.25, -0.2) is 0 Å². The zero-order valence-electron chi connectivity index (χ0n) is 9.72. The number of rotatable bonds is 4. The Labute approximate surface area is 96.0 Å². The molecule has 1 fully saturated rings. The summed E-state index contributed by atoms with van der Waals surface area (Å²) in [6.07, 6.45) is 3.02. The van der Waals surface area contributed by atoms with Gasteiger partial charge in [0.1, 0.15) is 0 Å². The lowest BCUT2D eigenvalue weighted by Gasteiger charge is -2.14. The third kappa shape index (κ3) is 2.33. The topological polar surface area (TPSA) is 51.3 Å². The number of Topliss-reactive ketones (excluding diaryl/α,β-unsaturated/α-hetero) is 1. The van der Waals surface area contributed by atoms with Gasteiger partial charge in [-0.3, -0.25) is 9.69 Å². The summed E-state index contributed by atoms with van der Waals surface area (Å²) < 4.78 is 1.87. The smallest absolute Gasteiger partial charge is 0.193 e. The van der Waals surface area contributed by atoms with E-state index in [9.17, 15) is 4.79 Å². The van der Waals surface area contributed by atoms with Crippen LogP contribution in [0.4, 0.5) is 0 Å². The van der Waals surface area contributed by atoms with Crippen LogP contribution in [-0.4, -0.2) is 41.4 Å². The number of nitrogens with two attached hydrogens (primary N) is 1. The molecule has 1 atom stereocenters. The van der Waals surface area contributed by atoms with Gasteiger partial charge < -0.3 is 10.3 Å². The highest BCUT2D eigenvalue weighted by Crippen LogP contribution is 2.15. The number of nitrogens with zero attached hydrogens (tertiary/aromatic N) is 2. The highest BCUT2D eigenvalue weighted by molar-refractivity contribution is 5.96. The minimum absolute atomic E-state index is 0.199. The van der Waals surface area contributed by atoms with E-state index in [2.05, 4.69) is 4.90 Å². The van der Waals surface area contributed by atoms with Gasteiger partial charge in [-0.15, -0.1) is 0 Å². The minimum atomic E-state index is 0.199. The molecule has 0 radical (unpaired) electrons. The van der Waals surface area contributed by atoms with Gasteiger partial charge in [0.25, 0.3) is 0 Å². The first kappa shape index (κ1) is 11.4. The molecule has 1 aromatic rings. The molecular weight excluding hydrogens is 202 g/mol. The monoisotopic (exact) mass is 221 g/mol. The first-order valence-electron chi connectivity index (χ1n) is 5.77. The number of aryl methyl sites for hydroxylation is 1. The molecule has 2 N–H and O–H groups in total. The van der Waals surface area contributed by atoms with Crippen molar-refractivity contribution < 1.29 is 4.79 Å². The summed E-state index contributed by atoms with van der Waals surface area (Å²) >= 11 is 0. The van der Waals surface area contributed by atoms with E-state index in [1.165, 1.54) is 0 Å². The molecule has 16 heavy (non-hydrogen) atoms. The second kappa shape index (κ2) is 4.80. The van der Waals surface area contributed by atoms with Crippen LogP contribution in [0.5, 0.6) is 0 Å². The van der Waals surface area contributed by atoms with Crippen molar-refractivity contribution in [2.24, 2.45) is 18.7 Å². The number of hydrogen-bond donors (Lipinski definition) is 1. The van der Waals surface area contributed by atoms with Crippen LogP contribution in [0.25, 0.3) is 0 Å². The van der Waals surface area contributed by atoms with Crippen molar-refractivity contribution in [1.82, 2.24) is 9.47 Å². The minimum Gasteiger partial charge on any atom is -0.348 e. The third-order valence-corrected chi connectivity index (χ3v) is 3.30. The molecule has 1 saturated heterocycles. The zero-order valence-corrected chi connectivity index (χ0v) is 9.72. The second-order valence-electron chi connectivity index (χ2n) is 4.55. The summed E-state index contributed by atoms with van der Waals surface area (Å²) in [4.78, 5) is 14.2. The Bertz CT molecular complexity index is 372. The number of carbonyl (C=O) groups excluding carboxylic acids is 1. The largest absolute Gasteiger partial charge is 0.348 e. The maximum atomic E-state index is 12.0. The van der Waals surface area contributed by atoms with Crippen LogP contribution in [0, 0.1) is 5.92 Å². The van der Waals surface area contributed by atoms with Crippen LogP contribution >= 0.6 is 0 Å². The standard InChI is InChI=1S/C12H19N3O/c1-14-5-2-3-11(14)12(16)9-15-6-4-10(7-13)8-15/h2-3,5,10H,4,6-9,13H2,1H3. The first-order valence-corrected chi connectivity index (χ1v) is 5.77. The second-order valence-corrected chi connectivity index (χ2v) is 4.55. The molecule has 1 aromatic heterocycles.